The minimum absolute atomic E-state index is 0.0491. The minimum atomic E-state index is -0.915. The van der Waals surface area contributed by atoms with Crippen LogP contribution < -0.4 is 5.32 Å². The monoisotopic (exact) mass is 293 g/mol. The topological polar surface area (TPSA) is 111 Å². The van der Waals surface area contributed by atoms with Crippen molar-refractivity contribution < 1.29 is 19.4 Å². The van der Waals surface area contributed by atoms with E-state index in [2.05, 4.69) is 15.5 Å². The third kappa shape index (κ3) is 4.14. The van der Waals surface area contributed by atoms with E-state index >= 15 is 0 Å². The molecule has 9 heteroatoms. The normalized spacial score (nSPS) is 10.5. The van der Waals surface area contributed by atoms with Crippen molar-refractivity contribution in [2.45, 2.75) is 19.7 Å². The number of hydrogen-bond acceptors (Lipinski definition) is 5. The van der Waals surface area contributed by atoms with Gasteiger partial charge in [-0.2, -0.15) is 10.2 Å². The molecule has 1 amide bonds. The van der Waals surface area contributed by atoms with Gasteiger partial charge in [0.15, 0.2) is 5.69 Å². The van der Waals surface area contributed by atoms with Crippen molar-refractivity contribution in [3.63, 3.8) is 0 Å². The Labute approximate surface area is 120 Å². The molecule has 0 radical (unpaired) electrons. The molecule has 2 aromatic heterocycles. The number of methoxy groups -OCH3 is 1. The fourth-order valence-electron chi connectivity index (χ4n) is 1.64. The number of carboxylic acid groups (broad SMARTS) is 1. The van der Waals surface area contributed by atoms with Crippen LogP contribution in [0.2, 0.25) is 0 Å². The van der Waals surface area contributed by atoms with Gasteiger partial charge in [-0.25, -0.2) is 4.68 Å². The Morgan fingerprint density at radius 1 is 1.43 bits per heavy atom. The van der Waals surface area contributed by atoms with Gasteiger partial charge in [-0.3, -0.25) is 14.3 Å². The zero-order chi connectivity index (χ0) is 15.2. The first-order valence-corrected chi connectivity index (χ1v) is 6.16. The summed E-state index contributed by atoms with van der Waals surface area (Å²) in [6, 6.07) is 1.52. The Morgan fingerprint density at radius 3 is 2.95 bits per heavy atom. The number of aromatic nitrogens is 4. The molecule has 2 N–H and O–H groups in total. The number of hydrogen-bond donors (Lipinski definition) is 2. The summed E-state index contributed by atoms with van der Waals surface area (Å²) in [4.78, 5) is 22.4. The maximum atomic E-state index is 12.0. The Morgan fingerprint density at radius 2 is 2.24 bits per heavy atom. The van der Waals surface area contributed by atoms with Crippen molar-refractivity contribution in [3.8, 4) is 0 Å². The number of anilines is 1. The van der Waals surface area contributed by atoms with Gasteiger partial charge in [-0.1, -0.05) is 0 Å². The zero-order valence-electron chi connectivity index (χ0n) is 11.4. The average molecular weight is 293 g/mol. The number of ether oxygens (including phenoxy) is 1. The summed E-state index contributed by atoms with van der Waals surface area (Å²) in [5, 5.41) is 19.2. The first-order valence-electron chi connectivity index (χ1n) is 6.16. The van der Waals surface area contributed by atoms with Gasteiger partial charge in [0.1, 0.15) is 6.73 Å². The molecule has 2 aromatic rings. The fourth-order valence-corrected chi connectivity index (χ4v) is 1.64. The highest BCUT2D eigenvalue weighted by atomic mass is 16.5. The van der Waals surface area contributed by atoms with Crippen LogP contribution >= 0.6 is 0 Å². The predicted molar refractivity (Wildman–Crippen MR) is 71.7 cm³/mol. The van der Waals surface area contributed by atoms with Gasteiger partial charge in [0.05, 0.1) is 31.0 Å². The van der Waals surface area contributed by atoms with Crippen LogP contribution in [0, 0.1) is 0 Å². The summed E-state index contributed by atoms with van der Waals surface area (Å²) < 4.78 is 7.85. The van der Waals surface area contributed by atoms with Crippen molar-refractivity contribution in [2.75, 3.05) is 12.4 Å². The summed E-state index contributed by atoms with van der Waals surface area (Å²) >= 11 is 0. The molecule has 9 nitrogen and oxygen atoms in total. The van der Waals surface area contributed by atoms with E-state index in [0.717, 1.165) is 0 Å². The number of aryl methyl sites for hydroxylation is 1. The Kier molecular flexibility index (Phi) is 4.67. The number of amides is 1. The largest absolute Gasteiger partial charge is 0.481 e. The number of carbonyl (C=O) groups is 2. The standard InChI is InChI=1S/C12H15N5O4/c1-21-8-17-7-9(6-13-17)14-12(20)10-2-4-16(15-10)5-3-11(18)19/h2,4,6-7H,3,5,8H2,1H3,(H,14,20)(H,18,19). The van der Waals surface area contributed by atoms with Gasteiger partial charge in [0, 0.05) is 13.3 Å². The Bertz CT molecular complexity index is 633. The molecule has 112 valence electrons. The lowest BCUT2D eigenvalue weighted by atomic mass is 10.4. The number of nitrogens with zero attached hydrogens (tertiary/aromatic N) is 4. The molecule has 2 heterocycles. The molecule has 0 bridgehead atoms. The van der Waals surface area contributed by atoms with E-state index in [1.165, 1.54) is 21.6 Å². The number of rotatable bonds is 7. The van der Waals surface area contributed by atoms with Crippen LogP contribution in [-0.2, 0) is 22.8 Å². The van der Waals surface area contributed by atoms with Crippen molar-refractivity contribution in [1.82, 2.24) is 19.6 Å². The van der Waals surface area contributed by atoms with Gasteiger partial charge in [-0.05, 0) is 6.07 Å². The van der Waals surface area contributed by atoms with Crippen LogP contribution in [0.5, 0.6) is 0 Å². The molecule has 0 aliphatic carbocycles. The molecule has 0 spiro atoms. The van der Waals surface area contributed by atoms with Crippen LogP contribution in [0.4, 0.5) is 5.69 Å². The van der Waals surface area contributed by atoms with E-state index in [9.17, 15) is 9.59 Å². The minimum Gasteiger partial charge on any atom is -0.481 e. The third-order valence-electron chi connectivity index (χ3n) is 2.58. The highest BCUT2D eigenvalue weighted by Gasteiger charge is 2.11. The second-order valence-electron chi connectivity index (χ2n) is 4.25. The van der Waals surface area contributed by atoms with E-state index in [1.54, 1.807) is 19.5 Å². The first-order chi connectivity index (χ1) is 10.1. The molecule has 0 saturated carbocycles. The van der Waals surface area contributed by atoms with E-state index in [1.807, 2.05) is 0 Å². The maximum Gasteiger partial charge on any atom is 0.305 e. The molecule has 2 rings (SSSR count). The Balaban J connectivity index is 1.94. The predicted octanol–water partition coefficient (Wildman–Crippen LogP) is 0.410. The van der Waals surface area contributed by atoms with E-state index < -0.39 is 5.97 Å². The first kappa shape index (κ1) is 14.7. The van der Waals surface area contributed by atoms with E-state index in [-0.39, 0.29) is 24.6 Å². The SMILES string of the molecule is COCn1cc(NC(=O)c2ccn(CCC(=O)O)n2)cn1. The maximum absolute atomic E-state index is 12.0. The van der Waals surface area contributed by atoms with Gasteiger partial charge in [0.25, 0.3) is 5.91 Å². The highest BCUT2D eigenvalue weighted by molar-refractivity contribution is 6.02. The lowest BCUT2D eigenvalue weighted by Gasteiger charge is -2.00. The molecule has 0 saturated heterocycles. The third-order valence-corrected chi connectivity index (χ3v) is 2.58. The molecule has 0 aliphatic rings. The molecule has 0 aliphatic heterocycles. The summed E-state index contributed by atoms with van der Waals surface area (Å²) in [6.07, 6.45) is 4.64. The zero-order valence-corrected chi connectivity index (χ0v) is 11.4. The lowest BCUT2D eigenvalue weighted by Crippen LogP contribution is -2.13. The van der Waals surface area contributed by atoms with Crippen molar-refractivity contribution in [1.29, 1.82) is 0 Å². The van der Waals surface area contributed by atoms with Crippen LogP contribution in [0.25, 0.3) is 0 Å². The fraction of sp³-hybridized carbons (Fsp3) is 0.333. The Hall–Kier alpha value is -2.68. The number of carboxylic acids is 1. The molecular formula is C12H15N5O4. The molecule has 21 heavy (non-hydrogen) atoms. The second-order valence-corrected chi connectivity index (χ2v) is 4.25. The van der Waals surface area contributed by atoms with Gasteiger partial charge in [-0.15, -0.1) is 0 Å². The summed E-state index contributed by atoms with van der Waals surface area (Å²) in [5.41, 5.74) is 0.733. The van der Waals surface area contributed by atoms with Crippen molar-refractivity contribution in [2.24, 2.45) is 0 Å². The lowest BCUT2D eigenvalue weighted by molar-refractivity contribution is -0.137. The van der Waals surface area contributed by atoms with Crippen LogP contribution in [0.15, 0.2) is 24.7 Å². The van der Waals surface area contributed by atoms with Gasteiger partial charge < -0.3 is 15.2 Å². The van der Waals surface area contributed by atoms with Crippen molar-refractivity contribution in [3.05, 3.63) is 30.4 Å². The molecular weight excluding hydrogens is 278 g/mol. The van der Waals surface area contributed by atoms with Crippen LogP contribution in [0.3, 0.4) is 0 Å². The van der Waals surface area contributed by atoms with Crippen molar-refractivity contribution >= 4 is 17.6 Å². The van der Waals surface area contributed by atoms with E-state index in [4.69, 9.17) is 9.84 Å². The van der Waals surface area contributed by atoms with Gasteiger partial charge in [0.2, 0.25) is 0 Å². The smallest absolute Gasteiger partial charge is 0.305 e. The second kappa shape index (κ2) is 6.66. The van der Waals surface area contributed by atoms with Gasteiger partial charge >= 0.3 is 5.97 Å². The number of carbonyl (C=O) groups excluding carboxylic acids is 1. The molecule has 0 fully saturated rings. The van der Waals surface area contributed by atoms with E-state index in [0.29, 0.717) is 12.4 Å². The molecule has 0 atom stereocenters. The molecule has 0 unspecified atom stereocenters. The number of aliphatic carboxylic acids is 1. The average Bonchev–Trinajstić information content (AvgIpc) is 3.06. The quantitative estimate of drug-likeness (QED) is 0.765. The molecule has 0 aromatic carbocycles. The van der Waals surface area contributed by atoms with Crippen LogP contribution in [-0.4, -0.2) is 43.7 Å². The summed E-state index contributed by atoms with van der Waals surface area (Å²) in [6.45, 7) is 0.508. The highest BCUT2D eigenvalue weighted by Crippen LogP contribution is 2.07. The van der Waals surface area contributed by atoms with Crippen LogP contribution in [0.1, 0.15) is 16.9 Å². The summed E-state index contributed by atoms with van der Waals surface area (Å²) in [7, 11) is 1.55. The number of nitrogens with one attached hydrogen (secondary N) is 1. The summed E-state index contributed by atoms with van der Waals surface area (Å²) in [5.74, 6) is -1.30.